The van der Waals surface area contributed by atoms with Gasteiger partial charge in [-0.3, -0.25) is 4.79 Å². The number of nitrogens with one attached hydrogen (secondary N) is 1. The highest BCUT2D eigenvalue weighted by molar-refractivity contribution is 5.69. The van der Waals surface area contributed by atoms with Gasteiger partial charge in [0.1, 0.15) is 0 Å². The molecule has 5 nitrogen and oxygen atoms in total. The molecule has 0 radical (unpaired) electrons. The molecule has 19 heavy (non-hydrogen) atoms. The molecular weight excluding hydrogens is 244 g/mol. The van der Waals surface area contributed by atoms with Crippen molar-refractivity contribution in [2.45, 2.75) is 38.7 Å². The summed E-state index contributed by atoms with van der Waals surface area (Å²) < 4.78 is 10.6. The minimum Gasteiger partial charge on any atom is -0.466 e. The summed E-state index contributed by atoms with van der Waals surface area (Å²) in [6.45, 7) is 7.10. The van der Waals surface area contributed by atoms with Crippen molar-refractivity contribution in [2.75, 3.05) is 46.4 Å². The second-order valence-electron chi connectivity index (χ2n) is 5.07. The van der Waals surface area contributed by atoms with Crippen molar-refractivity contribution in [1.82, 2.24) is 10.2 Å². The second-order valence-corrected chi connectivity index (χ2v) is 5.07. The zero-order valence-electron chi connectivity index (χ0n) is 12.3. The van der Waals surface area contributed by atoms with Gasteiger partial charge in [-0.25, -0.2) is 0 Å². The van der Waals surface area contributed by atoms with Gasteiger partial charge >= 0.3 is 5.97 Å². The van der Waals surface area contributed by atoms with Crippen LogP contribution in [0, 0.1) is 0 Å². The van der Waals surface area contributed by atoms with Gasteiger partial charge in [-0.05, 0) is 33.4 Å². The zero-order valence-corrected chi connectivity index (χ0v) is 12.3. The smallest absolute Gasteiger partial charge is 0.305 e. The van der Waals surface area contributed by atoms with Crippen molar-refractivity contribution in [3.05, 3.63) is 0 Å². The Bertz CT molecular complexity index is 243. The number of unbranched alkanes of at least 4 members (excludes halogenated alkanes) is 2. The monoisotopic (exact) mass is 272 g/mol. The Morgan fingerprint density at radius 2 is 2.26 bits per heavy atom. The van der Waals surface area contributed by atoms with Crippen LogP contribution in [0.25, 0.3) is 0 Å². The van der Waals surface area contributed by atoms with Gasteiger partial charge in [0.15, 0.2) is 0 Å². The van der Waals surface area contributed by atoms with Crippen LogP contribution < -0.4 is 5.32 Å². The summed E-state index contributed by atoms with van der Waals surface area (Å²) in [7, 11) is 2.13. The minimum atomic E-state index is -0.0717. The molecule has 1 saturated heterocycles. The zero-order chi connectivity index (χ0) is 13.9. The van der Waals surface area contributed by atoms with Crippen LogP contribution in [0.2, 0.25) is 0 Å². The third-order valence-electron chi connectivity index (χ3n) is 3.25. The first kappa shape index (κ1) is 16.4. The van der Waals surface area contributed by atoms with Crippen LogP contribution >= 0.6 is 0 Å². The quantitative estimate of drug-likeness (QED) is 0.502. The van der Waals surface area contributed by atoms with Crippen LogP contribution in [0.4, 0.5) is 0 Å². The van der Waals surface area contributed by atoms with Crippen LogP contribution in [-0.2, 0) is 14.3 Å². The number of esters is 1. The molecule has 0 aromatic rings. The first-order chi connectivity index (χ1) is 9.22. The van der Waals surface area contributed by atoms with E-state index in [0.717, 1.165) is 52.0 Å². The van der Waals surface area contributed by atoms with Gasteiger partial charge in [-0.1, -0.05) is 6.42 Å². The number of carbonyl (C=O) groups excluding carboxylic acids is 1. The SMILES string of the molecule is CCOC(=O)CCCCCN(C)CC1CNCCO1. The predicted molar refractivity (Wildman–Crippen MR) is 75.2 cm³/mol. The molecule has 1 rings (SSSR count). The van der Waals surface area contributed by atoms with Gasteiger partial charge in [0.2, 0.25) is 0 Å². The molecule has 1 atom stereocenters. The predicted octanol–water partition coefficient (Wildman–Crippen LogP) is 1.03. The second kappa shape index (κ2) is 10.2. The molecule has 0 bridgehead atoms. The third-order valence-corrected chi connectivity index (χ3v) is 3.25. The molecule has 0 aromatic heterocycles. The van der Waals surface area contributed by atoms with Gasteiger partial charge in [0.05, 0.1) is 19.3 Å². The standard InChI is InChI=1S/C14H28N2O3/c1-3-18-14(17)7-5-4-6-9-16(2)12-13-11-15-8-10-19-13/h13,15H,3-12H2,1-2H3. The van der Waals surface area contributed by atoms with Crippen molar-refractivity contribution in [1.29, 1.82) is 0 Å². The first-order valence-electron chi connectivity index (χ1n) is 7.39. The summed E-state index contributed by atoms with van der Waals surface area (Å²) in [4.78, 5) is 13.5. The lowest BCUT2D eigenvalue weighted by molar-refractivity contribution is -0.143. The molecule has 1 unspecified atom stereocenters. The molecule has 0 saturated carbocycles. The number of rotatable bonds is 9. The molecule has 1 heterocycles. The summed E-state index contributed by atoms with van der Waals surface area (Å²) >= 11 is 0. The summed E-state index contributed by atoms with van der Waals surface area (Å²) in [5, 5.41) is 3.34. The van der Waals surface area contributed by atoms with E-state index in [1.807, 2.05) is 6.92 Å². The van der Waals surface area contributed by atoms with E-state index in [1.54, 1.807) is 0 Å². The third kappa shape index (κ3) is 8.18. The lowest BCUT2D eigenvalue weighted by Crippen LogP contribution is -2.44. The van der Waals surface area contributed by atoms with E-state index in [9.17, 15) is 4.79 Å². The van der Waals surface area contributed by atoms with Crippen molar-refractivity contribution >= 4 is 5.97 Å². The largest absolute Gasteiger partial charge is 0.466 e. The molecule has 0 aromatic carbocycles. The van der Waals surface area contributed by atoms with E-state index in [2.05, 4.69) is 17.3 Å². The van der Waals surface area contributed by atoms with Crippen LogP contribution in [0.1, 0.15) is 32.6 Å². The summed E-state index contributed by atoms with van der Waals surface area (Å²) in [5.74, 6) is -0.0717. The van der Waals surface area contributed by atoms with Crippen molar-refractivity contribution in [3.8, 4) is 0 Å². The first-order valence-corrected chi connectivity index (χ1v) is 7.39. The molecule has 0 spiro atoms. The fourth-order valence-corrected chi connectivity index (χ4v) is 2.24. The van der Waals surface area contributed by atoms with E-state index >= 15 is 0 Å². The summed E-state index contributed by atoms with van der Waals surface area (Å²) in [6.07, 6.45) is 3.99. The number of hydrogen-bond donors (Lipinski definition) is 1. The Kier molecular flexibility index (Phi) is 8.79. The summed E-state index contributed by atoms with van der Waals surface area (Å²) in [6, 6.07) is 0. The number of nitrogens with zero attached hydrogens (tertiary/aromatic N) is 1. The Labute approximate surface area is 116 Å². The average Bonchev–Trinajstić information content (AvgIpc) is 2.40. The van der Waals surface area contributed by atoms with Crippen LogP contribution in [0.3, 0.4) is 0 Å². The number of ether oxygens (including phenoxy) is 2. The normalized spacial score (nSPS) is 19.6. The Balaban J connectivity index is 1.94. The molecule has 5 heteroatoms. The topological polar surface area (TPSA) is 50.8 Å². The Morgan fingerprint density at radius 1 is 1.42 bits per heavy atom. The number of hydrogen-bond acceptors (Lipinski definition) is 5. The maximum Gasteiger partial charge on any atom is 0.305 e. The lowest BCUT2D eigenvalue weighted by Gasteiger charge is -2.27. The Hall–Kier alpha value is -0.650. The summed E-state index contributed by atoms with van der Waals surface area (Å²) in [5.41, 5.74) is 0. The molecule has 1 fully saturated rings. The molecule has 112 valence electrons. The van der Waals surface area contributed by atoms with Gasteiger partial charge in [-0.15, -0.1) is 0 Å². The number of morpholine rings is 1. The Morgan fingerprint density at radius 3 is 2.95 bits per heavy atom. The van der Waals surface area contributed by atoms with Crippen molar-refractivity contribution in [2.24, 2.45) is 0 Å². The number of likely N-dealkylation sites (N-methyl/N-ethyl adjacent to an activating group) is 1. The van der Waals surface area contributed by atoms with Gasteiger partial charge < -0.3 is 19.7 Å². The van der Waals surface area contributed by atoms with Crippen LogP contribution in [-0.4, -0.2) is 63.4 Å². The highest BCUT2D eigenvalue weighted by atomic mass is 16.5. The molecule has 1 N–H and O–H groups in total. The van der Waals surface area contributed by atoms with Crippen molar-refractivity contribution in [3.63, 3.8) is 0 Å². The van der Waals surface area contributed by atoms with Gasteiger partial charge in [-0.2, -0.15) is 0 Å². The molecule has 1 aliphatic rings. The van der Waals surface area contributed by atoms with E-state index in [4.69, 9.17) is 9.47 Å². The maximum atomic E-state index is 11.1. The lowest BCUT2D eigenvalue weighted by atomic mass is 10.2. The highest BCUT2D eigenvalue weighted by Gasteiger charge is 2.14. The highest BCUT2D eigenvalue weighted by Crippen LogP contribution is 2.04. The van der Waals surface area contributed by atoms with Crippen LogP contribution in [0.15, 0.2) is 0 Å². The van der Waals surface area contributed by atoms with Crippen LogP contribution in [0.5, 0.6) is 0 Å². The molecule has 0 amide bonds. The van der Waals surface area contributed by atoms with E-state index in [-0.39, 0.29) is 5.97 Å². The fourth-order valence-electron chi connectivity index (χ4n) is 2.24. The van der Waals surface area contributed by atoms with E-state index in [0.29, 0.717) is 19.1 Å². The molecular formula is C14H28N2O3. The van der Waals surface area contributed by atoms with E-state index < -0.39 is 0 Å². The molecule has 0 aliphatic carbocycles. The van der Waals surface area contributed by atoms with Crippen molar-refractivity contribution < 1.29 is 14.3 Å². The minimum absolute atomic E-state index is 0.0717. The van der Waals surface area contributed by atoms with Gasteiger partial charge in [0.25, 0.3) is 0 Å². The van der Waals surface area contributed by atoms with E-state index in [1.165, 1.54) is 0 Å². The fraction of sp³-hybridized carbons (Fsp3) is 0.929. The average molecular weight is 272 g/mol. The van der Waals surface area contributed by atoms with Gasteiger partial charge in [0, 0.05) is 26.1 Å². The maximum absolute atomic E-state index is 11.1. The molecule has 1 aliphatic heterocycles. The number of carbonyl (C=O) groups is 1.